The normalized spacial score (nSPS) is 10.0. The van der Waals surface area contributed by atoms with Crippen molar-refractivity contribution in [2.75, 3.05) is 11.1 Å². The predicted octanol–water partition coefficient (Wildman–Crippen LogP) is 4.35. The highest BCUT2D eigenvalue weighted by atomic mass is 35.5. The number of benzene rings is 2. The minimum atomic E-state index is -0.473. The van der Waals surface area contributed by atoms with Crippen LogP contribution in [0.1, 0.15) is 15.9 Å². The van der Waals surface area contributed by atoms with Gasteiger partial charge < -0.3 is 11.1 Å². The number of rotatable bonds is 2. The maximum Gasteiger partial charge on any atom is 0.255 e. The third-order valence-electron chi connectivity index (χ3n) is 2.67. The van der Waals surface area contributed by atoms with Gasteiger partial charge >= 0.3 is 0 Å². The molecule has 0 saturated heterocycles. The molecule has 0 atom stereocenters. The van der Waals surface area contributed by atoms with Gasteiger partial charge in [0.05, 0.1) is 27.0 Å². The summed E-state index contributed by atoms with van der Waals surface area (Å²) in [6, 6.07) is 9.33. The zero-order chi connectivity index (χ0) is 15.6. The number of carbonyl (C=O) groups excluding carboxylic acids is 1. The second kappa shape index (κ2) is 6.23. The van der Waals surface area contributed by atoms with Gasteiger partial charge in [-0.1, -0.05) is 34.8 Å². The van der Waals surface area contributed by atoms with Crippen molar-refractivity contribution in [2.45, 2.75) is 0 Å². The second-order valence-corrected chi connectivity index (χ2v) is 5.34. The Morgan fingerprint density at radius 3 is 2.52 bits per heavy atom. The molecule has 0 radical (unpaired) electrons. The van der Waals surface area contributed by atoms with E-state index in [-0.39, 0.29) is 21.3 Å². The first kappa shape index (κ1) is 15.5. The zero-order valence-electron chi connectivity index (χ0n) is 10.5. The van der Waals surface area contributed by atoms with E-state index >= 15 is 0 Å². The number of carbonyl (C=O) groups is 1. The van der Waals surface area contributed by atoms with E-state index in [4.69, 9.17) is 45.8 Å². The molecular weight excluding hydrogens is 333 g/mol. The molecule has 3 N–H and O–H groups in total. The Hall–Kier alpha value is -1.93. The maximum absolute atomic E-state index is 12.2. The number of nitrogens with zero attached hydrogens (tertiary/aromatic N) is 1. The van der Waals surface area contributed by atoms with E-state index in [9.17, 15) is 4.79 Å². The summed E-state index contributed by atoms with van der Waals surface area (Å²) in [5.74, 6) is -0.473. The van der Waals surface area contributed by atoms with Crippen LogP contribution >= 0.6 is 34.8 Å². The van der Waals surface area contributed by atoms with Crippen LogP contribution in [0.3, 0.4) is 0 Å². The van der Waals surface area contributed by atoms with Gasteiger partial charge in [-0.3, -0.25) is 4.79 Å². The minimum Gasteiger partial charge on any atom is -0.397 e. The highest BCUT2D eigenvalue weighted by Crippen LogP contribution is 2.30. The molecule has 0 unspecified atom stereocenters. The van der Waals surface area contributed by atoms with Gasteiger partial charge in [0.1, 0.15) is 6.07 Å². The molecule has 2 rings (SSSR count). The van der Waals surface area contributed by atoms with Crippen LogP contribution in [-0.4, -0.2) is 5.91 Å². The molecular formula is C14H8Cl3N3O. The van der Waals surface area contributed by atoms with Gasteiger partial charge in [-0.2, -0.15) is 5.26 Å². The minimum absolute atomic E-state index is 0.174. The average molecular weight is 341 g/mol. The third kappa shape index (κ3) is 3.40. The number of hydrogen-bond donors (Lipinski definition) is 2. The molecule has 0 aromatic heterocycles. The van der Waals surface area contributed by atoms with E-state index in [2.05, 4.69) is 5.32 Å². The van der Waals surface area contributed by atoms with Crippen molar-refractivity contribution in [1.29, 1.82) is 5.26 Å². The predicted molar refractivity (Wildman–Crippen MR) is 85.0 cm³/mol. The molecule has 0 aliphatic heterocycles. The number of anilines is 2. The van der Waals surface area contributed by atoms with Crippen LogP contribution in [0.5, 0.6) is 0 Å². The summed E-state index contributed by atoms with van der Waals surface area (Å²) in [5, 5.41) is 12.4. The number of nitrogen functional groups attached to an aromatic ring is 1. The summed E-state index contributed by atoms with van der Waals surface area (Å²) >= 11 is 17.6. The summed E-state index contributed by atoms with van der Waals surface area (Å²) in [5.41, 5.74) is 6.68. The van der Waals surface area contributed by atoms with E-state index in [1.807, 2.05) is 6.07 Å². The van der Waals surface area contributed by atoms with Crippen LogP contribution in [0.2, 0.25) is 15.1 Å². The monoisotopic (exact) mass is 339 g/mol. The van der Waals surface area contributed by atoms with Gasteiger partial charge in [-0.05, 0) is 30.3 Å². The Bertz CT molecular complexity index is 746. The molecule has 1 amide bonds. The summed E-state index contributed by atoms with van der Waals surface area (Å²) in [6.45, 7) is 0. The third-order valence-corrected chi connectivity index (χ3v) is 3.72. The van der Waals surface area contributed by atoms with Crippen LogP contribution in [-0.2, 0) is 0 Å². The Morgan fingerprint density at radius 1 is 1.19 bits per heavy atom. The fraction of sp³-hybridized carbons (Fsp3) is 0. The first-order valence-corrected chi connectivity index (χ1v) is 6.81. The standard InChI is InChI=1S/C14H8Cl3N3O/c15-9-2-1-7(6-18)12(5-9)20-14(21)8-3-10(16)13(17)11(19)4-8/h1-5H,19H2,(H,20,21). The lowest BCUT2D eigenvalue weighted by atomic mass is 10.1. The van der Waals surface area contributed by atoms with Crippen LogP contribution in [0.25, 0.3) is 0 Å². The van der Waals surface area contributed by atoms with Crippen molar-refractivity contribution in [2.24, 2.45) is 0 Å². The maximum atomic E-state index is 12.2. The smallest absolute Gasteiger partial charge is 0.255 e. The summed E-state index contributed by atoms with van der Waals surface area (Å²) < 4.78 is 0. The van der Waals surface area contributed by atoms with E-state index < -0.39 is 5.91 Å². The molecule has 0 spiro atoms. The van der Waals surface area contributed by atoms with E-state index in [0.717, 1.165) is 0 Å². The summed E-state index contributed by atoms with van der Waals surface area (Å²) in [6.07, 6.45) is 0. The lowest BCUT2D eigenvalue weighted by Crippen LogP contribution is -2.13. The molecule has 0 aliphatic carbocycles. The second-order valence-electron chi connectivity index (χ2n) is 4.12. The van der Waals surface area contributed by atoms with E-state index in [1.165, 1.54) is 24.3 Å². The lowest BCUT2D eigenvalue weighted by Gasteiger charge is -2.09. The molecule has 4 nitrogen and oxygen atoms in total. The first-order valence-electron chi connectivity index (χ1n) is 5.68. The largest absolute Gasteiger partial charge is 0.397 e. The molecule has 0 fully saturated rings. The number of halogens is 3. The Kier molecular flexibility index (Phi) is 4.59. The van der Waals surface area contributed by atoms with E-state index in [1.54, 1.807) is 6.07 Å². The van der Waals surface area contributed by atoms with Crippen molar-refractivity contribution >= 4 is 52.1 Å². The molecule has 0 saturated carbocycles. The average Bonchev–Trinajstić information content (AvgIpc) is 2.44. The van der Waals surface area contributed by atoms with Crippen molar-refractivity contribution in [3.8, 4) is 6.07 Å². The number of nitrogens with one attached hydrogen (secondary N) is 1. The fourth-order valence-electron chi connectivity index (χ4n) is 1.65. The zero-order valence-corrected chi connectivity index (χ0v) is 12.7. The molecule has 106 valence electrons. The number of hydrogen-bond acceptors (Lipinski definition) is 3. The van der Waals surface area contributed by atoms with Gasteiger partial charge in [0.25, 0.3) is 5.91 Å². The number of nitrogens with two attached hydrogens (primary N) is 1. The Balaban J connectivity index is 2.35. The quantitative estimate of drug-likeness (QED) is 0.797. The topological polar surface area (TPSA) is 78.9 Å². The number of nitriles is 1. The first-order chi connectivity index (χ1) is 9.92. The Morgan fingerprint density at radius 2 is 1.90 bits per heavy atom. The van der Waals surface area contributed by atoms with Gasteiger partial charge in [0.2, 0.25) is 0 Å². The molecule has 7 heteroatoms. The molecule has 2 aromatic rings. The van der Waals surface area contributed by atoms with Gasteiger partial charge in [-0.15, -0.1) is 0 Å². The molecule has 2 aromatic carbocycles. The van der Waals surface area contributed by atoms with Crippen LogP contribution in [0.4, 0.5) is 11.4 Å². The fourth-order valence-corrected chi connectivity index (χ4v) is 2.16. The Labute approximate surface area is 136 Å². The highest BCUT2D eigenvalue weighted by Gasteiger charge is 2.13. The van der Waals surface area contributed by atoms with Crippen molar-refractivity contribution in [1.82, 2.24) is 0 Å². The molecule has 0 heterocycles. The van der Waals surface area contributed by atoms with Crippen molar-refractivity contribution < 1.29 is 4.79 Å². The van der Waals surface area contributed by atoms with E-state index in [0.29, 0.717) is 16.3 Å². The number of amides is 1. The SMILES string of the molecule is N#Cc1ccc(Cl)cc1NC(=O)c1cc(N)c(Cl)c(Cl)c1. The molecule has 0 aliphatic rings. The van der Waals surface area contributed by atoms with Gasteiger partial charge in [-0.25, -0.2) is 0 Å². The lowest BCUT2D eigenvalue weighted by molar-refractivity contribution is 0.102. The summed E-state index contributed by atoms with van der Waals surface area (Å²) in [4.78, 5) is 12.2. The van der Waals surface area contributed by atoms with Crippen molar-refractivity contribution in [3.63, 3.8) is 0 Å². The molecule has 21 heavy (non-hydrogen) atoms. The van der Waals surface area contributed by atoms with Crippen molar-refractivity contribution in [3.05, 3.63) is 56.5 Å². The summed E-state index contributed by atoms with van der Waals surface area (Å²) in [7, 11) is 0. The van der Waals surface area contributed by atoms with Gasteiger partial charge in [0, 0.05) is 10.6 Å². The van der Waals surface area contributed by atoms with Crippen LogP contribution < -0.4 is 11.1 Å². The molecule has 0 bridgehead atoms. The van der Waals surface area contributed by atoms with Gasteiger partial charge in [0.15, 0.2) is 0 Å². The van der Waals surface area contributed by atoms with Crippen LogP contribution in [0.15, 0.2) is 30.3 Å². The van der Waals surface area contributed by atoms with Crippen LogP contribution in [0, 0.1) is 11.3 Å². The highest BCUT2D eigenvalue weighted by molar-refractivity contribution is 6.44.